The van der Waals surface area contributed by atoms with Gasteiger partial charge in [-0.2, -0.15) is 5.26 Å². The number of carbonyl (C=O) groups is 2. The van der Waals surface area contributed by atoms with Crippen molar-refractivity contribution < 1.29 is 19.4 Å². The molecule has 0 saturated carbocycles. The first kappa shape index (κ1) is 26.1. The highest BCUT2D eigenvalue weighted by Gasteiger charge is 2.26. The molecule has 1 aromatic heterocycles. The molecule has 2 aromatic rings. The van der Waals surface area contributed by atoms with Crippen LogP contribution in [0.2, 0.25) is 0 Å². The molecule has 2 heterocycles. The smallest absolute Gasteiger partial charge is 0.410 e. The van der Waals surface area contributed by atoms with Crippen LogP contribution in [0.1, 0.15) is 59.9 Å². The van der Waals surface area contributed by atoms with Crippen molar-refractivity contribution in [3.05, 3.63) is 70.6 Å². The van der Waals surface area contributed by atoms with E-state index in [4.69, 9.17) is 9.84 Å². The number of hydrogen-bond acceptors (Lipinski definition) is 7. The molecule has 1 aliphatic rings. The van der Waals surface area contributed by atoms with E-state index in [1.807, 2.05) is 45.0 Å². The standard InChI is InChI=1S/C27H32N4O4/c1-27(2,3)35-26(34)31-12-5-7-21(18-31)22-8-4-6-20(23(22)15-28)14-25(33)24-10-9-19(17-30-24)16-29-11-13-32/h4,6-10,17,29,32H,5,11-14,16,18H2,1-3H3. The van der Waals surface area contributed by atoms with Crippen LogP contribution < -0.4 is 5.32 Å². The highest BCUT2D eigenvalue weighted by atomic mass is 16.6. The quantitative estimate of drug-likeness (QED) is 0.443. The Morgan fingerprint density at radius 3 is 2.71 bits per heavy atom. The van der Waals surface area contributed by atoms with E-state index in [1.54, 1.807) is 23.2 Å². The molecule has 2 N–H and O–H groups in total. The summed E-state index contributed by atoms with van der Waals surface area (Å²) in [4.78, 5) is 31.4. The normalized spacial score (nSPS) is 13.7. The lowest BCUT2D eigenvalue weighted by molar-refractivity contribution is 0.0273. The number of ketones is 1. The van der Waals surface area contributed by atoms with Crippen LogP contribution in [0.4, 0.5) is 4.79 Å². The van der Waals surface area contributed by atoms with Crippen LogP contribution in [0, 0.1) is 11.3 Å². The number of carbonyl (C=O) groups excluding carboxylic acids is 2. The summed E-state index contributed by atoms with van der Waals surface area (Å²) in [7, 11) is 0. The van der Waals surface area contributed by atoms with Crippen molar-refractivity contribution in [2.24, 2.45) is 0 Å². The van der Waals surface area contributed by atoms with E-state index >= 15 is 0 Å². The van der Waals surface area contributed by atoms with E-state index in [0.29, 0.717) is 49.4 Å². The Morgan fingerprint density at radius 2 is 2.06 bits per heavy atom. The molecule has 0 fully saturated rings. The number of ether oxygens (including phenoxy) is 1. The number of pyridine rings is 1. The number of nitrogens with one attached hydrogen (secondary N) is 1. The highest BCUT2D eigenvalue weighted by Crippen LogP contribution is 2.27. The van der Waals surface area contributed by atoms with Crippen LogP contribution in [-0.4, -0.2) is 58.7 Å². The van der Waals surface area contributed by atoms with Crippen molar-refractivity contribution in [3.63, 3.8) is 0 Å². The Balaban J connectivity index is 1.75. The minimum atomic E-state index is -0.585. The maximum Gasteiger partial charge on any atom is 0.410 e. The Labute approximate surface area is 206 Å². The van der Waals surface area contributed by atoms with Crippen LogP contribution in [-0.2, 0) is 17.7 Å². The van der Waals surface area contributed by atoms with Gasteiger partial charge in [-0.25, -0.2) is 4.79 Å². The Bertz CT molecular complexity index is 1130. The fourth-order valence-electron chi connectivity index (χ4n) is 3.84. The third-order valence-electron chi connectivity index (χ3n) is 5.49. The van der Waals surface area contributed by atoms with Gasteiger partial charge in [0, 0.05) is 38.8 Å². The van der Waals surface area contributed by atoms with E-state index in [0.717, 1.165) is 16.7 Å². The topological polar surface area (TPSA) is 116 Å². The third-order valence-corrected chi connectivity index (χ3v) is 5.49. The van der Waals surface area contributed by atoms with Crippen molar-refractivity contribution in [1.29, 1.82) is 5.26 Å². The molecule has 0 radical (unpaired) electrons. The van der Waals surface area contributed by atoms with Gasteiger partial charge in [0.1, 0.15) is 17.4 Å². The molecule has 184 valence electrons. The van der Waals surface area contributed by atoms with Gasteiger partial charge in [-0.15, -0.1) is 0 Å². The number of nitrogens with zero attached hydrogens (tertiary/aromatic N) is 3. The number of hydrogen-bond donors (Lipinski definition) is 2. The maximum absolute atomic E-state index is 12.9. The van der Waals surface area contributed by atoms with E-state index in [9.17, 15) is 14.9 Å². The number of aromatic nitrogens is 1. The molecule has 0 unspecified atom stereocenters. The first-order chi connectivity index (χ1) is 16.7. The number of benzene rings is 1. The van der Waals surface area contributed by atoms with Gasteiger partial charge in [0.2, 0.25) is 0 Å². The molecule has 0 saturated heterocycles. The average molecular weight is 477 g/mol. The Kier molecular flexibility index (Phi) is 8.74. The molecule has 1 aliphatic heterocycles. The van der Waals surface area contributed by atoms with Gasteiger partial charge in [-0.1, -0.05) is 30.3 Å². The maximum atomic E-state index is 12.9. The first-order valence-corrected chi connectivity index (χ1v) is 11.7. The van der Waals surface area contributed by atoms with Crippen molar-refractivity contribution in [2.75, 3.05) is 26.2 Å². The molecule has 1 aromatic carbocycles. The Hall–Kier alpha value is -3.54. The van der Waals surface area contributed by atoms with E-state index < -0.39 is 5.60 Å². The third kappa shape index (κ3) is 7.22. The fourth-order valence-corrected chi connectivity index (χ4v) is 3.84. The second-order valence-electron chi connectivity index (χ2n) is 9.42. The van der Waals surface area contributed by atoms with Crippen LogP contribution in [0.25, 0.3) is 5.57 Å². The number of amides is 1. The van der Waals surface area contributed by atoms with Gasteiger partial charge in [0.05, 0.1) is 12.2 Å². The predicted octanol–water partition coefficient (Wildman–Crippen LogP) is 3.48. The lowest BCUT2D eigenvalue weighted by Gasteiger charge is -2.30. The summed E-state index contributed by atoms with van der Waals surface area (Å²) in [5.74, 6) is -0.179. The zero-order valence-electron chi connectivity index (χ0n) is 20.5. The van der Waals surface area contributed by atoms with E-state index in [-0.39, 0.29) is 24.9 Å². The Morgan fingerprint density at radius 1 is 1.26 bits per heavy atom. The molecule has 0 atom stereocenters. The molecule has 0 aliphatic carbocycles. The zero-order valence-corrected chi connectivity index (χ0v) is 20.5. The van der Waals surface area contributed by atoms with E-state index in [2.05, 4.69) is 16.4 Å². The van der Waals surface area contributed by atoms with Crippen molar-refractivity contribution in [2.45, 2.75) is 45.8 Å². The first-order valence-electron chi connectivity index (χ1n) is 11.7. The minimum Gasteiger partial charge on any atom is -0.444 e. The van der Waals surface area contributed by atoms with Crippen molar-refractivity contribution >= 4 is 17.4 Å². The second kappa shape index (κ2) is 11.7. The van der Waals surface area contributed by atoms with Crippen LogP contribution in [0.5, 0.6) is 0 Å². The molecule has 8 nitrogen and oxygen atoms in total. The molecule has 35 heavy (non-hydrogen) atoms. The highest BCUT2D eigenvalue weighted by molar-refractivity contribution is 5.96. The number of nitriles is 1. The number of aliphatic hydroxyl groups excluding tert-OH is 1. The summed E-state index contributed by atoms with van der Waals surface area (Å²) < 4.78 is 5.51. The predicted molar refractivity (Wildman–Crippen MR) is 133 cm³/mol. The molecule has 0 bridgehead atoms. The molecule has 3 rings (SSSR count). The molecular formula is C27H32N4O4. The van der Waals surface area contributed by atoms with Gasteiger partial charge in [0.15, 0.2) is 5.78 Å². The zero-order chi connectivity index (χ0) is 25.4. The minimum absolute atomic E-state index is 0.0505. The number of rotatable bonds is 8. The number of aliphatic hydroxyl groups is 1. The largest absolute Gasteiger partial charge is 0.444 e. The summed E-state index contributed by atoms with van der Waals surface area (Å²) in [5, 5.41) is 21.9. The summed E-state index contributed by atoms with van der Waals surface area (Å²) in [5.41, 5.74) is 3.31. The fraction of sp³-hybridized carbons (Fsp3) is 0.407. The molecule has 0 spiro atoms. The summed E-state index contributed by atoms with van der Waals surface area (Å²) in [6.45, 7) is 7.48. The van der Waals surface area contributed by atoms with Gasteiger partial charge >= 0.3 is 6.09 Å². The van der Waals surface area contributed by atoms with Gasteiger partial charge in [0.25, 0.3) is 0 Å². The monoisotopic (exact) mass is 476 g/mol. The van der Waals surface area contributed by atoms with Gasteiger partial charge in [-0.05, 0) is 55.5 Å². The summed E-state index contributed by atoms with van der Waals surface area (Å²) >= 11 is 0. The van der Waals surface area contributed by atoms with Crippen LogP contribution >= 0.6 is 0 Å². The molecular weight excluding hydrogens is 444 g/mol. The van der Waals surface area contributed by atoms with Crippen molar-refractivity contribution in [3.8, 4) is 6.07 Å². The van der Waals surface area contributed by atoms with E-state index in [1.165, 1.54) is 0 Å². The molecule has 8 heteroatoms. The van der Waals surface area contributed by atoms with Gasteiger partial charge < -0.3 is 20.1 Å². The van der Waals surface area contributed by atoms with Crippen LogP contribution in [0.15, 0.2) is 42.6 Å². The lowest BCUT2D eigenvalue weighted by atomic mass is 9.91. The average Bonchev–Trinajstić information content (AvgIpc) is 2.83. The van der Waals surface area contributed by atoms with Crippen LogP contribution in [0.3, 0.4) is 0 Å². The lowest BCUT2D eigenvalue weighted by Crippen LogP contribution is -2.39. The summed E-state index contributed by atoms with van der Waals surface area (Å²) in [6, 6.07) is 11.2. The summed E-state index contributed by atoms with van der Waals surface area (Å²) in [6.07, 6.45) is 4.00. The SMILES string of the molecule is CC(C)(C)OC(=O)N1CCC=C(c2cccc(CC(=O)c3ccc(CNCCO)cn3)c2C#N)C1. The van der Waals surface area contributed by atoms with Crippen molar-refractivity contribution in [1.82, 2.24) is 15.2 Å². The number of Topliss-reactive ketones (excluding diaryl/α,β-unsaturated/α-hetero) is 1. The molecule has 1 amide bonds. The second-order valence-corrected chi connectivity index (χ2v) is 9.42. The van der Waals surface area contributed by atoms with Gasteiger partial charge in [-0.3, -0.25) is 9.78 Å².